The van der Waals surface area contributed by atoms with Crippen molar-refractivity contribution >= 4 is 11.9 Å². The highest BCUT2D eigenvalue weighted by Crippen LogP contribution is 2.21. The first kappa shape index (κ1) is 11.0. The number of hydrogen-bond acceptors (Lipinski definition) is 3. The fraction of sp³-hybridized carbons (Fsp3) is 0.800. The van der Waals surface area contributed by atoms with Crippen LogP contribution in [0.1, 0.15) is 25.7 Å². The van der Waals surface area contributed by atoms with Gasteiger partial charge in [0.25, 0.3) is 0 Å². The average Bonchev–Trinajstić information content (AvgIpc) is 2.20. The predicted octanol–water partition coefficient (Wildman–Crippen LogP) is 1.44. The quantitative estimate of drug-likeness (QED) is 0.676. The maximum absolute atomic E-state index is 11.5. The van der Waals surface area contributed by atoms with E-state index in [2.05, 4.69) is 4.74 Å². The van der Waals surface area contributed by atoms with E-state index in [4.69, 9.17) is 0 Å². The van der Waals surface area contributed by atoms with Crippen molar-refractivity contribution in [2.24, 2.45) is 5.92 Å². The molecule has 0 spiro atoms. The lowest BCUT2D eigenvalue weighted by Crippen LogP contribution is -2.36. The molecule has 4 nitrogen and oxygen atoms in total. The predicted molar refractivity (Wildman–Crippen MR) is 52.0 cm³/mol. The third kappa shape index (κ3) is 2.72. The molecule has 0 aliphatic heterocycles. The molecule has 0 aromatic carbocycles. The van der Waals surface area contributed by atoms with Gasteiger partial charge in [0.1, 0.15) is 5.78 Å². The van der Waals surface area contributed by atoms with Crippen molar-refractivity contribution in [3.05, 3.63) is 0 Å². The number of ether oxygens (including phenoxy) is 1. The van der Waals surface area contributed by atoms with Crippen LogP contribution < -0.4 is 0 Å². The van der Waals surface area contributed by atoms with Crippen LogP contribution in [0.4, 0.5) is 4.79 Å². The standard InChI is InChI=1S/C10H17NO3/c1-11(10(13)14-2)7-8-5-3-4-6-9(8)12/h8H,3-7H2,1-2H3. The number of carbonyl (C=O) groups excluding carboxylic acids is 2. The maximum atomic E-state index is 11.5. The fourth-order valence-corrected chi connectivity index (χ4v) is 1.81. The lowest BCUT2D eigenvalue weighted by molar-refractivity contribution is -0.124. The van der Waals surface area contributed by atoms with Gasteiger partial charge in [-0.05, 0) is 12.8 Å². The Morgan fingerprint density at radius 3 is 2.86 bits per heavy atom. The molecule has 0 aromatic heterocycles. The number of Topliss-reactive ketones (excluding diaryl/α,β-unsaturated/α-hetero) is 1. The molecular formula is C10H17NO3. The second-order valence-corrected chi connectivity index (χ2v) is 3.76. The molecule has 0 N–H and O–H groups in total. The van der Waals surface area contributed by atoms with Gasteiger partial charge in [-0.3, -0.25) is 4.79 Å². The topological polar surface area (TPSA) is 46.6 Å². The summed E-state index contributed by atoms with van der Waals surface area (Å²) in [5.41, 5.74) is 0. The van der Waals surface area contributed by atoms with Crippen molar-refractivity contribution < 1.29 is 14.3 Å². The molecule has 1 aliphatic carbocycles. The van der Waals surface area contributed by atoms with Gasteiger partial charge >= 0.3 is 6.09 Å². The summed E-state index contributed by atoms with van der Waals surface area (Å²) in [6.45, 7) is 0.492. The zero-order valence-electron chi connectivity index (χ0n) is 8.78. The van der Waals surface area contributed by atoms with Gasteiger partial charge in [-0.25, -0.2) is 4.79 Å². The van der Waals surface area contributed by atoms with Crippen LogP contribution in [0.2, 0.25) is 0 Å². The first-order valence-electron chi connectivity index (χ1n) is 4.97. The Balaban J connectivity index is 2.42. The number of methoxy groups -OCH3 is 1. The van der Waals surface area contributed by atoms with Gasteiger partial charge in [-0.2, -0.15) is 0 Å². The molecule has 1 rings (SSSR count). The zero-order valence-corrected chi connectivity index (χ0v) is 8.78. The molecular weight excluding hydrogens is 182 g/mol. The van der Waals surface area contributed by atoms with Crippen molar-refractivity contribution in [1.29, 1.82) is 0 Å². The molecule has 0 aromatic rings. The Bertz CT molecular complexity index is 227. The van der Waals surface area contributed by atoms with Crippen molar-refractivity contribution in [2.45, 2.75) is 25.7 Å². The van der Waals surface area contributed by atoms with Crippen molar-refractivity contribution in [3.8, 4) is 0 Å². The minimum atomic E-state index is -0.372. The van der Waals surface area contributed by atoms with E-state index in [1.54, 1.807) is 7.05 Å². The highest BCUT2D eigenvalue weighted by atomic mass is 16.5. The van der Waals surface area contributed by atoms with Gasteiger partial charge in [0.2, 0.25) is 0 Å². The van der Waals surface area contributed by atoms with Gasteiger partial charge < -0.3 is 9.64 Å². The summed E-state index contributed by atoms with van der Waals surface area (Å²) in [4.78, 5) is 24.0. The summed E-state index contributed by atoms with van der Waals surface area (Å²) < 4.78 is 4.56. The van der Waals surface area contributed by atoms with E-state index in [9.17, 15) is 9.59 Å². The largest absolute Gasteiger partial charge is 0.453 e. The number of rotatable bonds is 2. The molecule has 1 unspecified atom stereocenters. The first-order chi connectivity index (χ1) is 6.65. The Morgan fingerprint density at radius 2 is 2.29 bits per heavy atom. The number of ketones is 1. The van der Waals surface area contributed by atoms with Gasteiger partial charge in [0.05, 0.1) is 7.11 Å². The number of hydrogen-bond donors (Lipinski definition) is 0. The Hall–Kier alpha value is -1.06. The van der Waals surface area contributed by atoms with E-state index in [-0.39, 0.29) is 17.8 Å². The summed E-state index contributed by atoms with van der Waals surface area (Å²) in [7, 11) is 3.01. The van der Waals surface area contributed by atoms with E-state index in [1.165, 1.54) is 12.0 Å². The van der Waals surface area contributed by atoms with Crippen LogP contribution in [0.5, 0.6) is 0 Å². The Kier molecular flexibility index (Phi) is 3.92. The SMILES string of the molecule is COC(=O)N(C)CC1CCCCC1=O. The molecule has 0 heterocycles. The monoisotopic (exact) mass is 199 g/mol. The minimum Gasteiger partial charge on any atom is -0.453 e. The van der Waals surface area contributed by atoms with Crippen LogP contribution in [0.25, 0.3) is 0 Å². The van der Waals surface area contributed by atoms with Gasteiger partial charge in [0, 0.05) is 25.9 Å². The van der Waals surface area contributed by atoms with Crippen LogP contribution in [0, 0.1) is 5.92 Å². The third-order valence-electron chi connectivity index (χ3n) is 2.66. The first-order valence-corrected chi connectivity index (χ1v) is 4.97. The molecule has 14 heavy (non-hydrogen) atoms. The highest BCUT2D eigenvalue weighted by molar-refractivity contribution is 5.82. The molecule has 1 fully saturated rings. The molecule has 1 aliphatic rings. The van der Waals surface area contributed by atoms with Crippen LogP contribution in [0.15, 0.2) is 0 Å². The number of amides is 1. The second kappa shape index (κ2) is 4.98. The Labute approximate surface area is 84.2 Å². The van der Waals surface area contributed by atoms with E-state index >= 15 is 0 Å². The van der Waals surface area contributed by atoms with Crippen LogP contribution in [-0.2, 0) is 9.53 Å². The normalized spacial score (nSPS) is 21.9. The number of nitrogens with zero attached hydrogens (tertiary/aromatic N) is 1. The summed E-state index contributed by atoms with van der Waals surface area (Å²) in [6, 6.07) is 0. The van der Waals surface area contributed by atoms with E-state index in [0.717, 1.165) is 19.3 Å². The summed E-state index contributed by atoms with van der Waals surface area (Å²) in [5.74, 6) is 0.305. The van der Waals surface area contributed by atoms with Gasteiger partial charge in [0.15, 0.2) is 0 Å². The lowest BCUT2D eigenvalue weighted by Gasteiger charge is -2.25. The molecule has 0 radical (unpaired) electrons. The van der Waals surface area contributed by atoms with E-state index in [1.807, 2.05) is 0 Å². The smallest absolute Gasteiger partial charge is 0.409 e. The second-order valence-electron chi connectivity index (χ2n) is 3.76. The van der Waals surface area contributed by atoms with Crippen LogP contribution in [-0.4, -0.2) is 37.5 Å². The summed E-state index contributed by atoms with van der Waals surface area (Å²) in [6.07, 6.45) is 3.28. The van der Waals surface area contributed by atoms with Crippen molar-refractivity contribution in [2.75, 3.05) is 20.7 Å². The summed E-state index contributed by atoms with van der Waals surface area (Å²) in [5, 5.41) is 0. The third-order valence-corrected chi connectivity index (χ3v) is 2.66. The zero-order chi connectivity index (χ0) is 10.6. The molecule has 1 atom stereocenters. The summed E-state index contributed by atoms with van der Waals surface area (Å²) >= 11 is 0. The highest BCUT2D eigenvalue weighted by Gasteiger charge is 2.24. The Morgan fingerprint density at radius 1 is 1.57 bits per heavy atom. The maximum Gasteiger partial charge on any atom is 0.409 e. The van der Waals surface area contributed by atoms with Crippen molar-refractivity contribution in [3.63, 3.8) is 0 Å². The van der Waals surface area contributed by atoms with E-state index in [0.29, 0.717) is 13.0 Å². The van der Waals surface area contributed by atoms with E-state index < -0.39 is 0 Å². The molecule has 0 saturated heterocycles. The average molecular weight is 199 g/mol. The molecule has 80 valence electrons. The van der Waals surface area contributed by atoms with Gasteiger partial charge in [-0.15, -0.1) is 0 Å². The molecule has 1 saturated carbocycles. The molecule has 1 amide bonds. The number of carbonyl (C=O) groups is 2. The minimum absolute atomic E-state index is 0.0212. The van der Waals surface area contributed by atoms with Crippen molar-refractivity contribution in [1.82, 2.24) is 4.90 Å². The van der Waals surface area contributed by atoms with Crippen LogP contribution in [0.3, 0.4) is 0 Å². The van der Waals surface area contributed by atoms with Crippen LogP contribution >= 0.6 is 0 Å². The molecule has 0 bridgehead atoms. The fourth-order valence-electron chi connectivity index (χ4n) is 1.81. The van der Waals surface area contributed by atoms with Gasteiger partial charge in [-0.1, -0.05) is 6.42 Å². The molecule has 4 heteroatoms. The lowest BCUT2D eigenvalue weighted by atomic mass is 9.88.